The van der Waals surface area contributed by atoms with Crippen LogP contribution in [0, 0.1) is 0 Å². The van der Waals surface area contributed by atoms with E-state index in [0.717, 1.165) is 16.1 Å². The minimum absolute atomic E-state index is 0.170. The summed E-state index contributed by atoms with van der Waals surface area (Å²) in [7, 11) is 0. The number of hydrogen-bond acceptors (Lipinski definition) is 8. The van der Waals surface area contributed by atoms with Gasteiger partial charge in [0.2, 0.25) is 0 Å². The molecule has 0 bridgehead atoms. The van der Waals surface area contributed by atoms with Crippen LogP contribution in [0.1, 0.15) is 34.3 Å². The van der Waals surface area contributed by atoms with Crippen molar-refractivity contribution in [3.63, 3.8) is 0 Å². The lowest BCUT2D eigenvalue weighted by molar-refractivity contribution is -0.136. The molecular weight excluding hydrogens is 482 g/mol. The number of esters is 1. The fourth-order valence-corrected chi connectivity index (χ4v) is 5.04. The summed E-state index contributed by atoms with van der Waals surface area (Å²) in [5.74, 6) is -0.513. The van der Waals surface area contributed by atoms with Crippen LogP contribution in [0.2, 0.25) is 5.02 Å². The fraction of sp³-hybridized carbons (Fsp3) is 0.130. The van der Waals surface area contributed by atoms with Crippen molar-refractivity contribution in [1.82, 2.24) is 9.99 Å². The molecule has 7 nitrogen and oxygen atoms in total. The molecule has 3 aromatic heterocycles. The van der Waals surface area contributed by atoms with Crippen LogP contribution >= 0.6 is 34.3 Å². The summed E-state index contributed by atoms with van der Waals surface area (Å²) in [5.41, 5.74) is 2.69. The Morgan fingerprint density at radius 1 is 1.15 bits per heavy atom. The number of ether oxygens (including phenoxy) is 1. The first-order valence-corrected chi connectivity index (χ1v) is 12.1. The maximum Gasteiger partial charge on any atom is 0.358 e. The number of thiophene rings is 1. The van der Waals surface area contributed by atoms with Gasteiger partial charge in [-0.2, -0.15) is 16.4 Å². The Hall–Kier alpha value is -3.27. The fourth-order valence-electron chi connectivity index (χ4n) is 3.41. The average Bonchev–Trinajstić information content (AvgIpc) is 3.63. The van der Waals surface area contributed by atoms with E-state index in [2.05, 4.69) is 10.1 Å². The molecule has 1 unspecified atom stereocenters. The summed E-state index contributed by atoms with van der Waals surface area (Å²) in [5, 5.41) is 12.7. The third kappa shape index (κ3) is 4.61. The van der Waals surface area contributed by atoms with E-state index in [0.29, 0.717) is 22.9 Å². The third-order valence-corrected chi connectivity index (χ3v) is 6.85. The molecule has 4 heterocycles. The lowest BCUT2D eigenvalue weighted by atomic mass is 10.0. The van der Waals surface area contributed by atoms with Crippen molar-refractivity contribution in [2.75, 3.05) is 6.61 Å². The number of rotatable bonds is 6. The molecule has 33 heavy (non-hydrogen) atoms. The molecule has 1 amide bonds. The second-order valence-electron chi connectivity index (χ2n) is 7.15. The van der Waals surface area contributed by atoms with Gasteiger partial charge in [0, 0.05) is 27.8 Å². The Labute approximate surface area is 201 Å². The van der Waals surface area contributed by atoms with Gasteiger partial charge in [-0.3, -0.25) is 4.79 Å². The second kappa shape index (κ2) is 9.30. The first-order chi connectivity index (χ1) is 16.1. The molecule has 5 rings (SSSR count). The van der Waals surface area contributed by atoms with Gasteiger partial charge in [-0.05, 0) is 41.3 Å². The number of carbonyl (C=O) groups excluding carboxylic acids is 2. The maximum absolute atomic E-state index is 13.0. The second-order valence-corrected chi connectivity index (χ2v) is 9.23. The van der Waals surface area contributed by atoms with Crippen molar-refractivity contribution in [3.8, 4) is 10.6 Å². The number of hydrazone groups is 1. The quantitative estimate of drug-likeness (QED) is 0.321. The molecule has 0 N–H and O–H groups in total. The van der Waals surface area contributed by atoms with Gasteiger partial charge in [0.15, 0.2) is 12.3 Å². The van der Waals surface area contributed by atoms with Gasteiger partial charge in [-0.25, -0.2) is 14.8 Å². The molecule has 0 aliphatic carbocycles. The van der Waals surface area contributed by atoms with Gasteiger partial charge < -0.3 is 9.15 Å². The predicted octanol–water partition coefficient (Wildman–Crippen LogP) is 5.65. The number of amides is 1. The minimum atomic E-state index is -0.656. The molecule has 0 radical (unpaired) electrons. The van der Waals surface area contributed by atoms with Crippen LogP contribution in [0.4, 0.5) is 0 Å². The Balaban J connectivity index is 1.30. The van der Waals surface area contributed by atoms with Gasteiger partial charge in [0.05, 0.1) is 12.0 Å². The topological polar surface area (TPSA) is 85.0 Å². The summed E-state index contributed by atoms with van der Waals surface area (Å²) in [4.78, 5) is 29.7. The highest BCUT2D eigenvalue weighted by Gasteiger charge is 2.35. The van der Waals surface area contributed by atoms with Crippen LogP contribution in [0.5, 0.6) is 0 Å². The number of halogens is 1. The monoisotopic (exact) mass is 497 g/mol. The first-order valence-electron chi connectivity index (χ1n) is 9.92. The van der Waals surface area contributed by atoms with E-state index < -0.39 is 24.5 Å². The average molecular weight is 498 g/mol. The highest BCUT2D eigenvalue weighted by molar-refractivity contribution is 7.14. The summed E-state index contributed by atoms with van der Waals surface area (Å²) >= 11 is 8.89. The van der Waals surface area contributed by atoms with Crippen LogP contribution < -0.4 is 0 Å². The summed E-state index contributed by atoms with van der Waals surface area (Å²) < 4.78 is 10.8. The van der Waals surface area contributed by atoms with Crippen molar-refractivity contribution >= 4 is 51.9 Å². The summed E-state index contributed by atoms with van der Waals surface area (Å²) in [6.07, 6.45) is 2.01. The Morgan fingerprint density at radius 2 is 2.00 bits per heavy atom. The Morgan fingerprint density at radius 3 is 2.73 bits per heavy atom. The van der Waals surface area contributed by atoms with Gasteiger partial charge in [0.25, 0.3) is 5.91 Å². The van der Waals surface area contributed by atoms with E-state index in [1.165, 1.54) is 16.3 Å². The number of furan rings is 1. The highest BCUT2D eigenvalue weighted by atomic mass is 35.5. The van der Waals surface area contributed by atoms with Crippen LogP contribution in [0.15, 0.2) is 74.4 Å². The number of hydrogen-bond donors (Lipinski definition) is 0. The van der Waals surface area contributed by atoms with Crippen LogP contribution in [-0.2, 0) is 9.53 Å². The molecule has 166 valence electrons. The van der Waals surface area contributed by atoms with Crippen LogP contribution in [-0.4, -0.2) is 34.2 Å². The van der Waals surface area contributed by atoms with Gasteiger partial charge >= 0.3 is 5.97 Å². The number of aromatic nitrogens is 1. The zero-order chi connectivity index (χ0) is 22.8. The first kappa shape index (κ1) is 21.6. The van der Waals surface area contributed by atoms with Gasteiger partial charge in [-0.1, -0.05) is 23.7 Å². The SMILES string of the molecule is O=C(OCC(=O)N1N=C(c2ccc(Cl)cc2)CC1c1ccco1)c1csc(-c2ccsc2)n1. The number of thiazole rings is 1. The Bertz CT molecular complexity index is 1300. The summed E-state index contributed by atoms with van der Waals surface area (Å²) in [6.45, 7) is -0.460. The summed E-state index contributed by atoms with van der Waals surface area (Å²) in [6, 6.07) is 12.3. The molecule has 0 saturated carbocycles. The Kier molecular flexibility index (Phi) is 6.08. The van der Waals surface area contributed by atoms with Crippen LogP contribution in [0.3, 0.4) is 0 Å². The lowest BCUT2D eigenvalue weighted by Crippen LogP contribution is -2.31. The molecule has 0 fully saturated rings. The normalized spacial score (nSPS) is 15.5. The van der Waals surface area contributed by atoms with E-state index in [4.69, 9.17) is 20.8 Å². The van der Waals surface area contributed by atoms with E-state index >= 15 is 0 Å². The molecule has 1 aliphatic rings. The smallest absolute Gasteiger partial charge is 0.358 e. The maximum atomic E-state index is 13.0. The van der Waals surface area contributed by atoms with Crippen molar-refractivity contribution in [2.45, 2.75) is 12.5 Å². The number of nitrogens with zero attached hydrogens (tertiary/aromatic N) is 3. The number of carbonyl (C=O) groups is 2. The van der Waals surface area contributed by atoms with Crippen molar-refractivity contribution in [1.29, 1.82) is 0 Å². The van der Waals surface area contributed by atoms with E-state index in [1.807, 2.05) is 29.0 Å². The standard InChI is InChI=1S/C23H16ClN3O4S2/c24-16-5-3-14(4-6-16)17-10-19(20-2-1-8-30-20)27(26-17)21(28)11-31-23(29)18-13-33-22(25-18)15-7-9-32-12-15/h1-9,12-13,19H,10-11H2. The van der Waals surface area contributed by atoms with Crippen molar-refractivity contribution in [2.24, 2.45) is 5.10 Å². The molecule has 1 atom stereocenters. The molecule has 1 aliphatic heterocycles. The predicted molar refractivity (Wildman–Crippen MR) is 127 cm³/mol. The molecular formula is C23H16ClN3O4S2. The third-order valence-electron chi connectivity index (χ3n) is 5.02. The zero-order valence-corrected chi connectivity index (χ0v) is 19.4. The van der Waals surface area contributed by atoms with Gasteiger partial charge in [0.1, 0.15) is 16.8 Å². The van der Waals surface area contributed by atoms with E-state index in [9.17, 15) is 9.59 Å². The van der Waals surface area contributed by atoms with E-state index in [-0.39, 0.29) is 5.69 Å². The minimum Gasteiger partial charge on any atom is -0.467 e. The highest BCUT2D eigenvalue weighted by Crippen LogP contribution is 2.33. The lowest BCUT2D eigenvalue weighted by Gasteiger charge is -2.19. The largest absolute Gasteiger partial charge is 0.467 e. The van der Waals surface area contributed by atoms with Crippen molar-refractivity contribution < 1.29 is 18.7 Å². The van der Waals surface area contributed by atoms with Gasteiger partial charge in [-0.15, -0.1) is 11.3 Å². The molecule has 0 spiro atoms. The number of benzene rings is 1. The van der Waals surface area contributed by atoms with Crippen LogP contribution in [0.25, 0.3) is 10.6 Å². The van der Waals surface area contributed by atoms with Crippen molar-refractivity contribution in [3.05, 3.63) is 86.9 Å². The molecule has 0 saturated heterocycles. The molecule has 1 aromatic carbocycles. The van der Waals surface area contributed by atoms with E-state index in [1.54, 1.807) is 47.2 Å². The molecule has 10 heteroatoms. The molecule has 4 aromatic rings. The zero-order valence-electron chi connectivity index (χ0n) is 17.0.